The zero-order valence-electron chi connectivity index (χ0n) is 10.2. The van der Waals surface area contributed by atoms with Gasteiger partial charge in [0.2, 0.25) is 0 Å². The van der Waals surface area contributed by atoms with Crippen molar-refractivity contribution in [2.45, 2.75) is 42.9 Å². The van der Waals surface area contributed by atoms with Crippen molar-refractivity contribution in [2.75, 3.05) is 0 Å². The highest BCUT2D eigenvalue weighted by molar-refractivity contribution is 7.85. The molecule has 17 heavy (non-hydrogen) atoms. The third-order valence-electron chi connectivity index (χ3n) is 3.68. The van der Waals surface area contributed by atoms with Crippen LogP contribution in [0.3, 0.4) is 0 Å². The lowest BCUT2D eigenvalue weighted by atomic mass is 9.88. The van der Waals surface area contributed by atoms with E-state index in [-0.39, 0.29) is 16.7 Å². The van der Waals surface area contributed by atoms with Gasteiger partial charge in [-0.2, -0.15) is 0 Å². The Balaban J connectivity index is 2.22. The van der Waals surface area contributed by atoms with E-state index in [0.717, 1.165) is 17.7 Å². The van der Waals surface area contributed by atoms with Gasteiger partial charge >= 0.3 is 0 Å². The number of hydrogen-bond acceptors (Lipinski definition) is 2. The van der Waals surface area contributed by atoms with Gasteiger partial charge in [-0.25, -0.2) is 0 Å². The van der Waals surface area contributed by atoms with Crippen LogP contribution in [0.1, 0.15) is 26.7 Å². The summed E-state index contributed by atoms with van der Waals surface area (Å²) in [5, 5.41) is 0.671. The quantitative estimate of drug-likeness (QED) is 0.899. The van der Waals surface area contributed by atoms with E-state index in [1.807, 2.05) is 12.1 Å². The summed E-state index contributed by atoms with van der Waals surface area (Å²) in [6, 6.07) is 7.25. The first-order valence-corrected chi connectivity index (χ1v) is 7.42. The summed E-state index contributed by atoms with van der Waals surface area (Å²) in [4.78, 5) is 0.788. The number of rotatable bonds is 2. The molecule has 0 aromatic heterocycles. The molecule has 2 N–H and O–H groups in total. The second kappa shape index (κ2) is 4.71. The highest BCUT2D eigenvalue weighted by Crippen LogP contribution is 2.39. The van der Waals surface area contributed by atoms with E-state index in [4.69, 9.17) is 17.3 Å². The molecule has 0 radical (unpaired) electrons. The van der Waals surface area contributed by atoms with Crippen LogP contribution in [0.2, 0.25) is 5.02 Å². The summed E-state index contributed by atoms with van der Waals surface area (Å²) in [7, 11) is -1.06. The molecule has 1 aliphatic rings. The first-order valence-electron chi connectivity index (χ1n) is 5.83. The molecule has 0 heterocycles. The second-order valence-corrected chi connectivity index (χ2v) is 7.45. The van der Waals surface area contributed by atoms with Crippen LogP contribution in [0.4, 0.5) is 0 Å². The van der Waals surface area contributed by atoms with Gasteiger partial charge in [0.05, 0.1) is 16.0 Å². The normalized spacial score (nSPS) is 29.2. The molecule has 1 aliphatic carbocycles. The first kappa shape index (κ1) is 13.1. The molecule has 0 saturated heterocycles. The Labute approximate surface area is 110 Å². The molecule has 0 spiro atoms. The Hall–Kier alpha value is -0.380. The average Bonchev–Trinajstić information content (AvgIpc) is 2.54. The SMILES string of the molecule is CC1(C)CCC(S(=O)c2cccc(Cl)c2)C1N. The van der Waals surface area contributed by atoms with Gasteiger partial charge in [0.1, 0.15) is 0 Å². The van der Waals surface area contributed by atoms with Gasteiger partial charge in [0.15, 0.2) is 0 Å². The lowest BCUT2D eigenvalue weighted by molar-refractivity contribution is 0.334. The maximum Gasteiger partial charge on any atom is 0.0577 e. The predicted molar refractivity (Wildman–Crippen MR) is 72.6 cm³/mol. The molecule has 2 nitrogen and oxygen atoms in total. The largest absolute Gasteiger partial charge is 0.326 e. The van der Waals surface area contributed by atoms with Crippen LogP contribution in [0.15, 0.2) is 29.2 Å². The van der Waals surface area contributed by atoms with Crippen molar-refractivity contribution in [1.29, 1.82) is 0 Å². The number of nitrogens with two attached hydrogens (primary N) is 1. The molecule has 0 amide bonds. The first-order chi connectivity index (χ1) is 7.92. The lowest BCUT2D eigenvalue weighted by Crippen LogP contribution is -2.41. The van der Waals surface area contributed by atoms with E-state index < -0.39 is 10.8 Å². The number of halogens is 1. The van der Waals surface area contributed by atoms with Gasteiger partial charge in [-0.1, -0.05) is 31.5 Å². The number of hydrogen-bond donors (Lipinski definition) is 1. The van der Waals surface area contributed by atoms with Gasteiger partial charge in [0, 0.05) is 16.0 Å². The fourth-order valence-corrected chi connectivity index (χ4v) is 4.40. The summed E-state index contributed by atoms with van der Waals surface area (Å²) < 4.78 is 12.5. The van der Waals surface area contributed by atoms with Crippen LogP contribution in [0.5, 0.6) is 0 Å². The van der Waals surface area contributed by atoms with Gasteiger partial charge in [-0.15, -0.1) is 0 Å². The molecule has 3 unspecified atom stereocenters. The van der Waals surface area contributed by atoms with Crippen molar-refractivity contribution in [1.82, 2.24) is 0 Å². The summed E-state index contributed by atoms with van der Waals surface area (Å²) >= 11 is 5.92. The maximum atomic E-state index is 12.5. The summed E-state index contributed by atoms with van der Waals surface area (Å²) in [5.74, 6) is 0. The molecule has 0 bridgehead atoms. The summed E-state index contributed by atoms with van der Waals surface area (Å²) in [5.41, 5.74) is 6.29. The molecule has 2 rings (SSSR count). The van der Waals surface area contributed by atoms with E-state index in [2.05, 4.69) is 13.8 Å². The van der Waals surface area contributed by atoms with Crippen molar-refractivity contribution in [3.05, 3.63) is 29.3 Å². The third-order valence-corrected chi connectivity index (χ3v) is 5.71. The van der Waals surface area contributed by atoms with Gasteiger partial charge < -0.3 is 5.73 Å². The van der Waals surface area contributed by atoms with Crippen LogP contribution in [0.25, 0.3) is 0 Å². The molecule has 94 valence electrons. The molecule has 3 atom stereocenters. The number of benzene rings is 1. The topological polar surface area (TPSA) is 43.1 Å². The van der Waals surface area contributed by atoms with Crippen molar-refractivity contribution in [3.63, 3.8) is 0 Å². The average molecular weight is 272 g/mol. The van der Waals surface area contributed by atoms with E-state index in [0.29, 0.717) is 5.02 Å². The Kier molecular flexibility index (Phi) is 3.62. The van der Waals surface area contributed by atoms with E-state index >= 15 is 0 Å². The minimum absolute atomic E-state index is 0.0117. The maximum absolute atomic E-state index is 12.5. The lowest BCUT2D eigenvalue weighted by Gasteiger charge is -2.26. The van der Waals surface area contributed by atoms with Crippen molar-refractivity contribution < 1.29 is 4.21 Å². The Bertz CT molecular complexity index is 447. The standard InChI is InChI=1S/C13H18ClNOS/c1-13(2)7-6-11(12(13)15)17(16)10-5-3-4-9(14)8-10/h3-5,8,11-12H,6-7,15H2,1-2H3. The molecule has 1 saturated carbocycles. The van der Waals surface area contributed by atoms with E-state index in [1.54, 1.807) is 12.1 Å². The Morgan fingerprint density at radius 2 is 2.18 bits per heavy atom. The van der Waals surface area contributed by atoms with Crippen LogP contribution in [-0.4, -0.2) is 15.5 Å². The van der Waals surface area contributed by atoms with Crippen LogP contribution in [-0.2, 0) is 10.8 Å². The zero-order chi connectivity index (χ0) is 12.6. The molecule has 1 aromatic rings. The van der Waals surface area contributed by atoms with Crippen LogP contribution in [0, 0.1) is 5.41 Å². The predicted octanol–water partition coefficient (Wildman–Crippen LogP) is 2.96. The Morgan fingerprint density at radius 1 is 1.47 bits per heavy atom. The molecule has 1 fully saturated rings. The van der Waals surface area contributed by atoms with Gasteiger partial charge in [-0.05, 0) is 36.5 Å². The zero-order valence-corrected chi connectivity index (χ0v) is 11.7. The highest BCUT2D eigenvalue weighted by atomic mass is 35.5. The molecular weight excluding hydrogens is 254 g/mol. The molecule has 0 aliphatic heterocycles. The van der Waals surface area contributed by atoms with Gasteiger partial charge in [0.25, 0.3) is 0 Å². The fourth-order valence-electron chi connectivity index (χ4n) is 2.37. The third kappa shape index (κ3) is 2.56. The van der Waals surface area contributed by atoms with Crippen molar-refractivity contribution in [3.8, 4) is 0 Å². The molecule has 1 aromatic carbocycles. The van der Waals surface area contributed by atoms with Crippen LogP contribution >= 0.6 is 11.6 Å². The van der Waals surface area contributed by atoms with Crippen LogP contribution < -0.4 is 5.73 Å². The van der Waals surface area contributed by atoms with E-state index in [9.17, 15) is 4.21 Å². The smallest absolute Gasteiger partial charge is 0.0577 e. The van der Waals surface area contributed by atoms with Gasteiger partial charge in [-0.3, -0.25) is 4.21 Å². The van der Waals surface area contributed by atoms with E-state index in [1.165, 1.54) is 0 Å². The Morgan fingerprint density at radius 3 is 2.71 bits per heavy atom. The van der Waals surface area contributed by atoms with Crippen molar-refractivity contribution >= 4 is 22.4 Å². The minimum atomic E-state index is -1.06. The molecule has 4 heteroatoms. The monoisotopic (exact) mass is 271 g/mol. The summed E-state index contributed by atoms with van der Waals surface area (Å²) in [6.45, 7) is 4.29. The van der Waals surface area contributed by atoms with Crippen molar-refractivity contribution in [2.24, 2.45) is 11.1 Å². The molecular formula is C13H18ClNOS. The second-order valence-electron chi connectivity index (χ2n) is 5.35. The summed E-state index contributed by atoms with van der Waals surface area (Å²) in [6.07, 6.45) is 1.96. The fraction of sp³-hybridized carbons (Fsp3) is 0.538. The minimum Gasteiger partial charge on any atom is -0.326 e. The highest BCUT2D eigenvalue weighted by Gasteiger charge is 2.42.